The molecular formula is C11H16O3. The summed E-state index contributed by atoms with van der Waals surface area (Å²) in [5.41, 5.74) is 1.92. The molecule has 0 aliphatic rings. The summed E-state index contributed by atoms with van der Waals surface area (Å²) in [7, 11) is 3.08. The predicted octanol–water partition coefficient (Wildman–Crippen LogP) is 2.28. The summed E-state index contributed by atoms with van der Waals surface area (Å²) in [4.78, 5) is 0. The molecule has 14 heavy (non-hydrogen) atoms. The highest BCUT2D eigenvalue weighted by molar-refractivity contribution is 5.58. The fraction of sp³-hybridized carbons (Fsp3) is 0.455. The van der Waals surface area contributed by atoms with Crippen molar-refractivity contribution in [2.45, 2.75) is 20.3 Å². The van der Waals surface area contributed by atoms with Gasteiger partial charge in [0.1, 0.15) is 0 Å². The van der Waals surface area contributed by atoms with E-state index in [0.717, 1.165) is 17.5 Å². The zero-order chi connectivity index (χ0) is 10.7. The van der Waals surface area contributed by atoms with E-state index in [0.29, 0.717) is 11.5 Å². The second-order valence-electron chi connectivity index (χ2n) is 3.11. The Balaban J connectivity index is 3.39. The summed E-state index contributed by atoms with van der Waals surface area (Å²) in [6.07, 6.45) is 0.776. The maximum absolute atomic E-state index is 9.88. The van der Waals surface area contributed by atoms with Crippen molar-refractivity contribution in [3.8, 4) is 17.2 Å². The lowest BCUT2D eigenvalue weighted by Gasteiger charge is -2.14. The summed E-state index contributed by atoms with van der Waals surface area (Å²) in [6, 6.07) is 1.87. The number of phenolic OH excluding ortho intramolecular Hbond substituents is 1. The van der Waals surface area contributed by atoms with E-state index in [2.05, 4.69) is 0 Å². The van der Waals surface area contributed by atoms with Crippen LogP contribution >= 0.6 is 0 Å². The second kappa shape index (κ2) is 4.22. The molecule has 0 unspecified atom stereocenters. The first-order valence-electron chi connectivity index (χ1n) is 4.59. The Kier molecular flexibility index (Phi) is 3.23. The van der Waals surface area contributed by atoms with Crippen LogP contribution in [0, 0.1) is 6.92 Å². The molecule has 0 aromatic heterocycles. The Morgan fingerprint density at radius 3 is 2.36 bits per heavy atom. The van der Waals surface area contributed by atoms with Crippen LogP contribution in [0.1, 0.15) is 18.1 Å². The van der Waals surface area contributed by atoms with E-state index in [1.807, 2.05) is 19.9 Å². The summed E-state index contributed by atoms with van der Waals surface area (Å²) in [5.74, 6) is 1.17. The van der Waals surface area contributed by atoms with Crippen molar-refractivity contribution in [1.82, 2.24) is 0 Å². The van der Waals surface area contributed by atoms with Gasteiger partial charge in [-0.1, -0.05) is 6.92 Å². The van der Waals surface area contributed by atoms with Gasteiger partial charge in [0.25, 0.3) is 0 Å². The van der Waals surface area contributed by atoms with Crippen molar-refractivity contribution in [2.75, 3.05) is 14.2 Å². The molecule has 0 heterocycles. The Morgan fingerprint density at radius 2 is 1.93 bits per heavy atom. The molecule has 0 saturated carbocycles. The van der Waals surface area contributed by atoms with Crippen LogP contribution in [0.4, 0.5) is 0 Å². The third-order valence-electron chi connectivity index (χ3n) is 2.33. The maximum Gasteiger partial charge on any atom is 0.203 e. The second-order valence-corrected chi connectivity index (χ2v) is 3.11. The summed E-state index contributed by atoms with van der Waals surface area (Å²) < 4.78 is 10.2. The van der Waals surface area contributed by atoms with Gasteiger partial charge in [-0.05, 0) is 25.0 Å². The number of aromatic hydroxyl groups is 1. The van der Waals surface area contributed by atoms with Crippen molar-refractivity contribution in [2.24, 2.45) is 0 Å². The van der Waals surface area contributed by atoms with Crippen LogP contribution in [0.5, 0.6) is 17.2 Å². The average Bonchev–Trinajstić information content (AvgIpc) is 2.17. The van der Waals surface area contributed by atoms with Crippen LogP contribution in [-0.4, -0.2) is 19.3 Å². The normalized spacial score (nSPS) is 10.0. The van der Waals surface area contributed by atoms with E-state index >= 15 is 0 Å². The monoisotopic (exact) mass is 196 g/mol. The largest absolute Gasteiger partial charge is 0.504 e. The first-order chi connectivity index (χ1) is 6.65. The number of hydrogen-bond donors (Lipinski definition) is 1. The Hall–Kier alpha value is -1.38. The lowest BCUT2D eigenvalue weighted by molar-refractivity contribution is 0.331. The first kappa shape index (κ1) is 10.7. The van der Waals surface area contributed by atoms with Crippen molar-refractivity contribution >= 4 is 0 Å². The van der Waals surface area contributed by atoms with E-state index in [4.69, 9.17) is 9.47 Å². The lowest BCUT2D eigenvalue weighted by atomic mass is 10.0. The van der Waals surface area contributed by atoms with Crippen LogP contribution in [0.2, 0.25) is 0 Å². The molecule has 0 fully saturated rings. The van der Waals surface area contributed by atoms with Crippen LogP contribution in [0.25, 0.3) is 0 Å². The molecule has 3 nitrogen and oxygen atoms in total. The average molecular weight is 196 g/mol. The maximum atomic E-state index is 9.88. The van der Waals surface area contributed by atoms with Gasteiger partial charge in [0.15, 0.2) is 11.5 Å². The van der Waals surface area contributed by atoms with E-state index < -0.39 is 0 Å². The fourth-order valence-corrected chi connectivity index (χ4v) is 1.58. The van der Waals surface area contributed by atoms with Crippen LogP contribution in [0.3, 0.4) is 0 Å². The van der Waals surface area contributed by atoms with Crippen LogP contribution in [-0.2, 0) is 6.42 Å². The molecule has 0 radical (unpaired) electrons. The van der Waals surface area contributed by atoms with E-state index in [1.54, 1.807) is 7.11 Å². The number of rotatable bonds is 3. The van der Waals surface area contributed by atoms with Gasteiger partial charge in [-0.15, -0.1) is 0 Å². The van der Waals surface area contributed by atoms with Gasteiger partial charge in [0.2, 0.25) is 5.75 Å². The molecule has 1 N–H and O–H groups in total. The van der Waals surface area contributed by atoms with Crippen LogP contribution < -0.4 is 9.47 Å². The number of benzene rings is 1. The molecule has 0 amide bonds. The third-order valence-corrected chi connectivity index (χ3v) is 2.33. The summed E-state index contributed by atoms with van der Waals surface area (Å²) in [6.45, 7) is 3.94. The highest BCUT2D eigenvalue weighted by Crippen LogP contribution is 2.40. The van der Waals surface area contributed by atoms with Gasteiger partial charge >= 0.3 is 0 Å². The minimum atomic E-state index is 0.187. The number of phenols is 1. The van der Waals surface area contributed by atoms with Crippen molar-refractivity contribution < 1.29 is 14.6 Å². The van der Waals surface area contributed by atoms with Gasteiger partial charge < -0.3 is 14.6 Å². The van der Waals surface area contributed by atoms with Crippen molar-refractivity contribution in [3.05, 3.63) is 17.2 Å². The minimum absolute atomic E-state index is 0.187. The molecule has 3 heteroatoms. The van der Waals surface area contributed by atoms with Gasteiger partial charge in [0, 0.05) is 5.56 Å². The fourth-order valence-electron chi connectivity index (χ4n) is 1.58. The quantitative estimate of drug-likeness (QED) is 0.806. The molecule has 78 valence electrons. The first-order valence-corrected chi connectivity index (χ1v) is 4.59. The standard InChI is InChI=1S/C11H16O3/c1-5-8-7(2)6-9(13-3)11(14-4)10(8)12/h6,12H,5H2,1-4H3. The number of aryl methyl sites for hydroxylation is 1. The van der Waals surface area contributed by atoms with Gasteiger partial charge in [-0.3, -0.25) is 0 Å². The summed E-state index contributed by atoms with van der Waals surface area (Å²) >= 11 is 0. The van der Waals surface area contributed by atoms with E-state index in [-0.39, 0.29) is 5.75 Å². The summed E-state index contributed by atoms with van der Waals surface area (Å²) in [5, 5.41) is 9.88. The van der Waals surface area contributed by atoms with Crippen LogP contribution in [0.15, 0.2) is 6.07 Å². The molecule has 0 bridgehead atoms. The molecule has 1 aromatic carbocycles. The molecule has 1 aromatic rings. The smallest absolute Gasteiger partial charge is 0.203 e. The Bertz CT molecular complexity index is 332. The number of ether oxygens (including phenoxy) is 2. The lowest BCUT2D eigenvalue weighted by Crippen LogP contribution is -1.96. The molecule has 0 spiro atoms. The SMILES string of the molecule is CCc1c(C)cc(OC)c(OC)c1O. The van der Waals surface area contributed by atoms with Crippen molar-refractivity contribution in [3.63, 3.8) is 0 Å². The molecule has 0 aliphatic carbocycles. The molecule has 0 atom stereocenters. The highest BCUT2D eigenvalue weighted by Gasteiger charge is 2.15. The highest BCUT2D eigenvalue weighted by atomic mass is 16.5. The third kappa shape index (κ3) is 1.62. The zero-order valence-electron chi connectivity index (χ0n) is 9.05. The van der Waals surface area contributed by atoms with Gasteiger partial charge in [0.05, 0.1) is 14.2 Å². The topological polar surface area (TPSA) is 38.7 Å². The predicted molar refractivity (Wildman–Crippen MR) is 55.3 cm³/mol. The minimum Gasteiger partial charge on any atom is -0.504 e. The molecular weight excluding hydrogens is 180 g/mol. The number of hydrogen-bond acceptors (Lipinski definition) is 3. The Labute approximate surface area is 84.3 Å². The van der Waals surface area contributed by atoms with Gasteiger partial charge in [-0.2, -0.15) is 0 Å². The molecule has 1 rings (SSSR count). The molecule has 0 saturated heterocycles. The van der Waals surface area contributed by atoms with E-state index in [1.165, 1.54) is 7.11 Å². The van der Waals surface area contributed by atoms with Crippen molar-refractivity contribution in [1.29, 1.82) is 0 Å². The Morgan fingerprint density at radius 1 is 1.29 bits per heavy atom. The van der Waals surface area contributed by atoms with Gasteiger partial charge in [-0.25, -0.2) is 0 Å². The molecule has 0 aliphatic heterocycles. The zero-order valence-corrected chi connectivity index (χ0v) is 9.05. The number of methoxy groups -OCH3 is 2. The van der Waals surface area contributed by atoms with E-state index in [9.17, 15) is 5.11 Å².